The minimum absolute atomic E-state index is 0.589. The van der Waals surface area contributed by atoms with Crippen LogP contribution in [-0.4, -0.2) is 6.26 Å². The Balaban J connectivity index is 4.68. The van der Waals surface area contributed by atoms with Gasteiger partial charge in [-0.15, -0.1) is 11.8 Å². The molecule has 66 valence electrons. The van der Waals surface area contributed by atoms with Gasteiger partial charge in [-0.3, -0.25) is 0 Å². The van der Waals surface area contributed by atoms with E-state index in [4.69, 9.17) is 5.73 Å². The van der Waals surface area contributed by atoms with Gasteiger partial charge in [-0.05, 0) is 24.8 Å². The Labute approximate surface area is 78.7 Å². The van der Waals surface area contributed by atoms with Crippen molar-refractivity contribution in [2.45, 2.75) is 6.92 Å². The lowest BCUT2D eigenvalue weighted by molar-refractivity contribution is 1.36. The number of hydrogen-bond acceptors (Lipinski definition) is 2. The molecule has 0 rings (SSSR count). The Bertz CT molecular complexity index is 236. The van der Waals surface area contributed by atoms with Crippen LogP contribution >= 0.6 is 11.8 Å². The quantitative estimate of drug-likeness (QED) is 0.675. The average Bonchev–Trinajstić information content (AvgIpc) is 2.06. The summed E-state index contributed by atoms with van der Waals surface area (Å²) in [6.07, 6.45) is 7.71. The largest absolute Gasteiger partial charge is 0.399 e. The first-order chi connectivity index (χ1) is 5.65. The van der Waals surface area contributed by atoms with Gasteiger partial charge in [0.2, 0.25) is 0 Å². The molecule has 0 aromatic heterocycles. The molecule has 0 fully saturated rings. The molecule has 0 radical (unpaired) electrons. The number of thioether (sulfide) groups is 1. The summed E-state index contributed by atoms with van der Waals surface area (Å²) < 4.78 is 0. The van der Waals surface area contributed by atoms with Gasteiger partial charge in [0, 0.05) is 10.6 Å². The molecular formula is C10H15NS. The van der Waals surface area contributed by atoms with E-state index in [0.717, 1.165) is 10.5 Å². The monoisotopic (exact) mass is 181 g/mol. The van der Waals surface area contributed by atoms with Crippen molar-refractivity contribution in [2.24, 2.45) is 5.73 Å². The predicted molar refractivity (Wildman–Crippen MR) is 58.9 cm³/mol. The molecule has 2 heteroatoms. The molecule has 0 aliphatic carbocycles. The smallest absolute Gasteiger partial charge is 0.0311 e. The Morgan fingerprint density at radius 3 is 2.33 bits per heavy atom. The minimum Gasteiger partial charge on any atom is -0.399 e. The number of rotatable bonds is 4. The molecule has 12 heavy (non-hydrogen) atoms. The van der Waals surface area contributed by atoms with Crippen molar-refractivity contribution in [3.05, 3.63) is 47.6 Å². The Hall–Kier alpha value is -0.890. The molecule has 0 saturated carbocycles. The van der Waals surface area contributed by atoms with Crippen molar-refractivity contribution < 1.29 is 0 Å². The van der Waals surface area contributed by atoms with Gasteiger partial charge in [0.05, 0.1) is 0 Å². The molecule has 0 bridgehead atoms. The van der Waals surface area contributed by atoms with Crippen LogP contribution in [0.15, 0.2) is 47.6 Å². The van der Waals surface area contributed by atoms with Gasteiger partial charge in [-0.25, -0.2) is 0 Å². The molecule has 2 N–H and O–H groups in total. The molecule has 0 aromatic carbocycles. The van der Waals surface area contributed by atoms with Crippen molar-refractivity contribution in [3.63, 3.8) is 0 Å². The van der Waals surface area contributed by atoms with E-state index in [2.05, 4.69) is 13.2 Å². The first kappa shape index (κ1) is 11.1. The summed E-state index contributed by atoms with van der Waals surface area (Å²) in [7, 11) is 0. The molecule has 0 aliphatic rings. The summed E-state index contributed by atoms with van der Waals surface area (Å²) in [5.41, 5.74) is 7.10. The fourth-order valence-corrected chi connectivity index (χ4v) is 1.13. The normalized spacial score (nSPS) is 12.8. The van der Waals surface area contributed by atoms with E-state index in [0.29, 0.717) is 5.70 Å². The van der Waals surface area contributed by atoms with Gasteiger partial charge in [0.25, 0.3) is 0 Å². The molecule has 0 amide bonds. The first-order valence-corrected chi connectivity index (χ1v) is 4.87. The van der Waals surface area contributed by atoms with E-state index >= 15 is 0 Å². The lowest BCUT2D eigenvalue weighted by Gasteiger charge is -2.01. The molecule has 0 heterocycles. The fourth-order valence-electron chi connectivity index (χ4n) is 0.716. The summed E-state index contributed by atoms with van der Waals surface area (Å²) in [4.78, 5) is 1.09. The van der Waals surface area contributed by atoms with Crippen LogP contribution in [0.3, 0.4) is 0 Å². The maximum atomic E-state index is 5.55. The van der Waals surface area contributed by atoms with Gasteiger partial charge in [0.1, 0.15) is 0 Å². The van der Waals surface area contributed by atoms with Crippen molar-refractivity contribution in [3.8, 4) is 0 Å². The average molecular weight is 181 g/mol. The Morgan fingerprint density at radius 1 is 1.50 bits per heavy atom. The van der Waals surface area contributed by atoms with Gasteiger partial charge < -0.3 is 5.73 Å². The molecule has 0 aliphatic heterocycles. The van der Waals surface area contributed by atoms with Crippen molar-refractivity contribution >= 4 is 11.8 Å². The van der Waals surface area contributed by atoms with Crippen LogP contribution in [0, 0.1) is 0 Å². The van der Waals surface area contributed by atoms with Crippen molar-refractivity contribution in [2.75, 3.05) is 6.26 Å². The summed E-state index contributed by atoms with van der Waals surface area (Å²) in [6, 6.07) is 0. The minimum atomic E-state index is 0.589. The number of hydrogen-bond donors (Lipinski definition) is 1. The zero-order valence-corrected chi connectivity index (χ0v) is 8.45. The summed E-state index contributed by atoms with van der Waals surface area (Å²) in [6.45, 7) is 9.30. The highest BCUT2D eigenvalue weighted by atomic mass is 32.2. The van der Waals surface area contributed by atoms with Gasteiger partial charge >= 0.3 is 0 Å². The van der Waals surface area contributed by atoms with Crippen LogP contribution in [0.1, 0.15) is 6.92 Å². The summed E-state index contributed by atoms with van der Waals surface area (Å²) in [5, 5.41) is 0. The van der Waals surface area contributed by atoms with E-state index in [-0.39, 0.29) is 0 Å². The Kier molecular flexibility index (Phi) is 5.30. The second kappa shape index (κ2) is 5.72. The maximum absolute atomic E-state index is 5.55. The van der Waals surface area contributed by atoms with Crippen LogP contribution in [-0.2, 0) is 0 Å². The predicted octanol–water partition coefficient (Wildman–Crippen LogP) is 2.84. The standard InChI is InChI=1S/C10H15NS/c1-5-9(8(3)11)7-10(6-2)12-4/h5-7H,2-3,11H2,1,4H3/b9-5+,10-7+. The molecular weight excluding hydrogens is 166 g/mol. The first-order valence-electron chi connectivity index (χ1n) is 3.64. The van der Waals surface area contributed by atoms with E-state index in [1.54, 1.807) is 17.8 Å². The van der Waals surface area contributed by atoms with Crippen LogP contribution in [0.25, 0.3) is 0 Å². The molecule has 0 saturated heterocycles. The van der Waals surface area contributed by atoms with Gasteiger partial charge in [-0.2, -0.15) is 0 Å². The van der Waals surface area contributed by atoms with E-state index in [1.165, 1.54) is 0 Å². The lowest BCUT2D eigenvalue weighted by atomic mass is 10.2. The molecule has 0 atom stereocenters. The molecule has 0 aromatic rings. The van der Waals surface area contributed by atoms with Crippen LogP contribution in [0.4, 0.5) is 0 Å². The van der Waals surface area contributed by atoms with Crippen molar-refractivity contribution in [1.29, 1.82) is 0 Å². The highest BCUT2D eigenvalue weighted by Crippen LogP contribution is 2.16. The third-order valence-electron chi connectivity index (χ3n) is 1.42. The lowest BCUT2D eigenvalue weighted by Crippen LogP contribution is -1.96. The zero-order chi connectivity index (χ0) is 9.56. The summed E-state index contributed by atoms with van der Waals surface area (Å²) >= 11 is 1.64. The van der Waals surface area contributed by atoms with Crippen molar-refractivity contribution in [1.82, 2.24) is 0 Å². The fraction of sp³-hybridized carbons (Fsp3) is 0.200. The molecule has 1 nitrogen and oxygen atoms in total. The highest BCUT2D eigenvalue weighted by molar-refractivity contribution is 8.02. The van der Waals surface area contributed by atoms with E-state index < -0.39 is 0 Å². The Morgan fingerprint density at radius 2 is 2.08 bits per heavy atom. The van der Waals surface area contributed by atoms with E-state index in [9.17, 15) is 0 Å². The third kappa shape index (κ3) is 3.49. The molecule has 0 spiro atoms. The van der Waals surface area contributed by atoms with Crippen LogP contribution < -0.4 is 5.73 Å². The second-order valence-corrected chi connectivity index (χ2v) is 3.10. The van der Waals surface area contributed by atoms with Crippen LogP contribution in [0.2, 0.25) is 0 Å². The maximum Gasteiger partial charge on any atom is 0.0311 e. The SMILES string of the molecule is C=C/C(=C\C(=C/C)C(=C)N)SC. The topological polar surface area (TPSA) is 26.0 Å². The summed E-state index contributed by atoms with van der Waals surface area (Å²) in [5.74, 6) is 0. The van der Waals surface area contributed by atoms with Gasteiger partial charge in [0.15, 0.2) is 0 Å². The zero-order valence-electron chi connectivity index (χ0n) is 7.63. The molecule has 0 unspecified atom stereocenters. The number of allylic oxidation sites excluding steroid dienone is 3. The number of nitrogens with two attached hydrogens (primary N) is 1. The van der Waals surface area contributed by atoms with Crippen LogP contribution in [0.5, 0.6) is 0 Å². The second-order valence-electron chi connectivity index (χ2n) is 2.22. The highest BCUT2D eigenvalue weighted by Gasteiger charge is 1.94. The third-order valence-corrected chi connectivity index (χ3v) is 2.17. The van der Waals surface area contributed by atoms with Gasteiger partial charge in [-0.1, -0.05) is 25.3 Å². The van der Waals surface area contributed by atoms with E-state index in [1.807, 2.05) is 25.3 Å².